The second kappa shape index (κ2) is 6.05. The summed E-state index contributed by atoms with van der Waals surface area (Å²) in [5.41, 5.74) is 5.53. The van der Waals surface area contributed by atoms with Crippen LogP contribution >= 0.6 is 15.9 Å². The summed E-state index contributed by atoms with van der Waals surface area (Å²) >= 11 is 3.30. The molecule has 5 nitrogen and oxygen atoms in total. The lowest BCUT2D eigenvalue weighted by Gasteiger charge is -2.35. The third-order valence-corrected chi connectivity index (χ3v) is 4.53. The van der Waals surface area contributed by atoms with E-state index < -0.39 is 11.5 Å². The van der Waals surface area contributed by atoms with Crippen molar-refractivity contribution in [2.75, 3.05) is 12.3 Å². The highest BCUT2D eigenvalue weighted by Crippen LogP contribution is 2.36. The second-order valence-corrected chi connectivity index (χ2v) is 6.29. The van der Waals surface area contributed by atoms with Crippen LogP contribution < -0.4 is 5.73 Å². The van der Waals surface area contributed by atoms with E-state index in [1.807, 2.05) is 6.92 Å². The van der Waals surface area contributed by atoms with Gasteiger partial charge in [0, 0.05) is 16.7 Å². The first-order chi connectivity index (χ1) is 9.92. The van der Waals surface area contributed by atoms with Crippen LogP contribution in [0, 0.1) is 0 Å². The number of halogens is 1. The Morgan fingerprint density at radius 1 is 1.48 bits per heavy atom. The van der Waals surface area contributed by atoms with Crippen molar-refractivity contribution in [2.45, 2.75) is 38.1 Å². The zero-order valence-corrected chi connectivity index (χ0v) is 13.5. The summed E-state index contributed by atoms with van der Waals surface area (Å²) in [5, 5.41) is 9.64. The molecule has 2 rings (SSSR count). The van der Waals surface area contributed by atoms with Crippen molar-refractivity contribution in [2.24, 2.45) is 0 Å². The fourth-order valence-electron chi connectivity index (χ4n) is 3.05. The Bertz CT molecular complexity index is 576. The van der Waals surface area contributed by atoms with Crippen LogP contribution in [0.15, 0.2) is 22.7 Å². The number of nitrogens with two attached hydrogens (primary N) is 1. The zero-order valence-electron chi connectivity index (χ0n) is 11.9. The highest BCUT2D eigenvalue weighted by molar-refractivity contribution is 9.10. The smallest absolute Gasteiger partial charge is 0.329 e. The first kappa shape index (κ1) is 15.8. The van der Waals surface area contributed by atoms with Gasteiger partial charge in [-0.25, -0.2) is 4.79 Å². The molecule has 1 aromatic carbocycles. The van der Waals surface area contributed by atoms with Crippen LogP contribution in [-0.2, 0) is 4.79 Å². The van der Waals surface area contributed by atoms with E-state index in [0.29, 0.717) is 43.5 Å². The molecule has 1 atom stereocenters. The number of hydrogen-bond donors (Lipinski definition) is 2. The fraction of sp³-hybridized carbons (Fsp3) is 0.467. The molecule has 0 saturated carbocycles. The Kier molecular flexibility index (Phi) is 4.56. The number of rotatable bonds is 4. The van der Waals surface area contributed by atoms with Gasteiger partial charge in [-0.3, -0.25) is 4.79 Å². The monoisotopic (exact) mass is 354 g/mol. The first-order valence-electron chi connectivity index (χ1n) is 7.03. The number of hydrogen-bond acceptors (Lipinski definition) is 3. The maximum atomic E-state index is 12.7. The average molecular weight is 355 g/mol. The summed E-state index contributed by atoms with van der Waals surface area (Å²) in [4.78, 5) is 26.0. The second-order valence-electron chi connectivity index (χ2n) is 5.38. The number of amides is 1. The number of benzene rings is 1. The molecule has 1 aliphatic heterocycles. The minimum Gasteiger partial charge on any atom is -0.479 e. The molecule has 1 aromatic rings. The van der Waals surface area contributed by atoms with E-state index in [2.05, 4.69) is 15.9 Å². The number of carbonyl (C=O) groups is 2. The molecule has 1 amide bonds. The molecule has 1 unspecified atom stereocenters. The number of aliphatic carboxylic acids is 1. The molecule has 0 aromatic heterocycles. The van der Waals surface area contributed by atoms with E-state index in [1.165, 1.54) is 4.90 Å². The lowest BCUT2D eigenvalue weighted by atomic mass is 9.90. The summed E-state index contributed by atoms with van der Waals surface area (Å²) in [6.07, 6.45) is 2.38. The van der Waals surface area contributed by atoms with Crippen LogP contribution in [0.2, 0.25) is 0 Å². The Labute approximate surface area is 132 Å². The largest absolute Gasteiger partial charge is 0.479 e. The quantitative estimate of drug-likeness (QED) is 0.814. The van der Waals surface area contributed by atoms with Gasteiger partial charge in [-0.1, -0.05) is 29.3 Å². The van der Waals surface area contributed by atoms with Gasteiger partial charge in [0.2, 0.25) is 0 Å². The van der Waals surface area contributed by atoms with Gasteiger partial charge in [-0.15, -0.1) is 0 Å². The van der Waals surface area contributed by atoms with E-state index >= 15 is 0 Å². The fourth-order valence-corrected chi connectivity index (χ4v) is 3.43. The molecule has 0 bridgehead atoms. The van der Waals surface area contributed by atoms with Gasteiger partial charge in [0.1, 0.15) is 5.54 Å². The van der Waals surface area contributed by atoms with Crippen LogP contribution in [0.5, 0.6) is 0 Å². The van der Waals surface area contributed by atoms with Gasteiger partial charge < -0.3 is 15.7 Å². The minimum absolute atomic E-state index is 0.298. The van der Waals surface area contributed by atoms with Gasteiger partial charge >= 0.3 is 5.97 Å². The minimum atomic E-state index is -1.09. The van der Waals surface area contributed by atoms with Gasteiger partial charge in [0.05, 0.1) is 5.56 Å². The molecular formula is C15H19BrN2O3. The predicted molar refractivity (Wildman–Crippen MR) is 84.1 cm³/mol. The summed E-state index contributed by atoms with van der Waals surface area (Å²) in [6, 6.07) is 5.03. The Hall–Kier alpha value is -1.56. The molecule has 1 fully saturated rings. The molecule has 114 valence electrons. The Morgan fingerprint density at radius 3 is 2.76 bits per heavy atom. The van der Waals surface area contributed by atoms with Crippen LogP contribution in [0.25, 0.3) is 0 Å². The molecule has 0 spiro atoms. The molecule has 1 heterocycles. The Balaban J connectivity index is 2.39. The van der Waals surface area contributed by atoms with Gasteiger partial charge in [-0.05, 0) is 37.5 Å². The molecule has 0 radical (unpaired) electrons. The van der Waals surface area contributed by atoms with Crippen molar-refractivity contribution in [3.8, 4) is 0 Å². The van der Waals surface area contributed by atoms with E-state index in [1.54, 1.807) is 18.2 Å². The van der Waals surface area contributed by atoms with Crippen LogP contribution in [0.1, 0.15) is 43.0 Å². The predicted octanol–water partition coefficient (Wildman–Crippen LogP) is 2.89. The lowest BCUT2D eigenvalue weighted by molar-refractivity contribution is -0.148. The number of likely N-dealkylation sites (tertiary alicyclic amines) is 1. The number of carboxylic acids is 1. The third kappa shape index (κ3) is 2.77. The molecule has 1 aliphatic rings. The number of carboxylic acid groups (broad SMARTS) is 1. The summed E-state index contributed by atoms with van der Waals surface area (Å²) in [5.74, 6) is -1.22. The van der Waals surface area contributed by atoms with Crippen molar-refractivity contribution in [1.29, 1.82) is 0 Å². The molecule has 0 aliphatic carbocycles. The average Bonchev–Trinajstić information content (AvgIpc) is 2.83. The van der Waals surface area contributed by atoms with Gasteiger partial charge in [0.25, 0.3) is 5.91 Å². The maximum absolute atomic E-state index is 12.7. The number of anilines is 1. The topological polar surface area (TPSA) is 83.6 Å². The lowest BCUT2D eigenvalue weighted by Crippen LogP contribution is -2.53. The number of nitrogens with zero attached hydrogens (tertiary/aromatic N) is 1. The van der Waals surface area contributed by atoms with E-state index in [4.69, 9.17) is 5.73 Å². The normalized spacial score (nSPS) is 21.5. The van der Waals surface area contributed by atoms with E-state index in [0.717, 1.165) is 4.47 Å². The van der Waals surface area contributed by atoms with Gasteiger partial charge in [0.15, 0.2) is 0 Å². The molecule has 6 heteroatoms. The summed E-state index contributed by atoms with van der Waals surface area (Å²) in [7, 11) is 0. The SMILES string of the molecule is CCCC1(C(=O)O)CCCN1C(=O)c1ccc(Br)cc1N. The van der Waals surface area contributed by atoms with Crippen molar-refractivity contribution in [3.63, 3.8) is 0 Å². The Morgan fingerprint density at radius 2 is 2.19 bits per heavy atom. The van der Waals surface area contributed by atoms with E-state index in [9.17, 15) is 14.7 Å². The number of carbonyl (C=O) groups excluding carboxylic acids is 1. The van der Waals surface area contributed by atoms with Crippen LogP contribution in [-0.4, -0.2) is 34.0 Å². The summed E-state index contributed by atoms with van der Waals surface area (Å²) < 4.78 is 0.788. The summed E-state index contributed by atoms with van der Waals surface area (Å²) in [6.45, 7) is 2.39. The van der Waals surface area contributed by atoms with Crippen molar-refractivity contribution in [3.05, 3.63) is 28.2 Å². The molecule has 21 heavy (non-hydrogen) atoms. The third-order valence-electron chi connectivity index (χ3n) is 4.04. The van der Waals surface area contributed by atoms with Crippen LogP contribution in [0.4, 0.5) is 5.69 Å². The zero-order chi connectivity index (χ0) is 15.6. The van der Waals surface area contributed by atoms with E-state index in [-0.39, 0.29) is 5.91 Å². The van der Waals surface area contributed by atoms with Crippen molar-refractivity contribution >= 4 is 33.5 Å². The molecular weight excluding hydrogens is 336 g/mol. The number of nitrogen functional groups attached to an aromatic ring is 1. The first-order valence-corrected chi connectivity index (χ1v) is 7.82. The van der Waals surface area contributed by atoms with Gasteiger partial charge in [-0.2, -0.15) is 0 Å². The molecule has 3 N–H and O–H groups in total. The maximum Gasteiger partial charge on any atom is 0.329 e. The highest BCUT2D eigenvalue weighted by atomic mass is 79.9. The highest BCUT2D eigenvalue weighted by Gasteiger charge is 2.49. The molecule has 1 saturated heterocycles. The van der Waals surface area contributed by atoms with Crippen molar-refractivity contribution in [1.82, 2.24) is 4.90 Å². The van der Waals surface area contributed by atoms with Crippen LogP contribution in [0.3, 0.4) is 0 Å². The van der Waals surface area contributed by atoms with Crippen molar-refractivity contribution < 1.29 is 14.7 Å². The standard InChI is InChI=1S/C15H19BrN2O3/c1-2-6-15(14(20)21)7-3-8-18(15)13(19)11-5-4-10(16)9-12(11)17/h4-5,9H,2-3,6-8,17H2,1H3,(H,20,21).